The third-order valence-corrected chi connectivity index (χ3v) is 16.7. The molecule has 0 bridgehead atoms. The van der Waals surface area contributed by atoms with Crippen LogP contribution in [0.5, 0.6) is 0 Å². The van der Waals surface area contributed by atoms with Crippen molar-refractivity contribution < 1.29 is 43.5 Å². The summed E-state index contributed by atoms with van der Waals surface area (Å²) in [6.07, 6.45) is 3.82. The minimum atomic E-state index is -1.70. The van der Waals surface area contributed by atoms with Crippen LogP contribution in [0.2, 0.25) is 5.02 Å². The number of likely N-dealkylation sites (N-methyl/N-ethyl adjacent to an activating group) is 1. The topological polar surface area (TPSA) is 339 Å². The number of hydrogen-bond donors (Lipinski definition) is 11. The number of nitrogens with zero attached hydrogens (tertiary/aromatic N) is 2. The van der Waals surface area contributed by atoms with Crippen molar-refractivity contribution in [2.45, 2.75) is 106 Å². The number of aromatic nitrogens is 2. The number of para-hydroxylation sites is 1. The summed E-state index contributed by atoms with van der Waals surface area (Å²) in [6.45, 7) is 1.52. The van der Waals surface area contributed by atoms with E-state index in [9.17, 15) is 43.5 Å². The number of benzene rings is 4. The number of halogens is 1. The Morgan fingerprint density at radius 1 is 0.744 bits per heavy atom. The molecule has 8 amide bonds. The molecule has 21 nitrogen and oxygen atoms in total. The van der Waals surface area contributed by atoms with Crippen LogP contribution in [-0.4, -0.2) is 147 Å². The third-order valence-electron chi connectivity index (χ3n) is 14.1. The summed E-state index contributed by atoms with van der Waals surface area (Å²) in [6, 6.07) is 19.5. The zero-order valence-corrected chi connectivity index (χ0v) is 47.7. The number of nitrogens with two attached hydrogens (primary N) is 3. The van der Waals surface area contributed by atoms with Crippen LogP contribution in [0, 0.1) is 0 Å². The predicted molar refractivity (Wildman–Crippen MR) is 318 cm³/mol. The number of aromatic amines is 1. The number of nitrogens with one attached hydrogen (secondary N) is 7. The molecule has 0 saturated carbocycles. The molecular weight excluding hydrogens is 1110 g/mol. The van der Waals surface area contributed by atoms with E-state index < -0.39 is 102 Å². The van der Waals surface area contributed by atoms with Crippen molar-refractivity contribution in [3.63, 3.8) is 0 Å². The maximum Gasteiger partial charge on any atom is 0.246 e. The molecule has 0 spiro atoms. The lowest BCUT2D eigenvalue weighted by Crippen LogP contribution is -2.62. The molecule has 3 heterocycles. The van der Waals surface area contributed by atoms with E-state index >= 15 is 0 Å². The van der Waals surface area contributed by atoms with E-state index in [2.05, 4.69) is 41.9 Å². The molecule has 1 fully saturated rings. The number of primary amides is 1. The zero-order chi connectivity index (χ0) is 58.9. The van der Waals surface area contributed by atoms with E-state index in [1.54, 1.807) is 48.8 Å². The van der Waals surface area contributed by atoms with Gasteiger partial charge >= 0.3 is 0 Å². The fraction of sp³-hybridized carbons (Fsp3) is 0.362. The smallest absolute Gasteiger partial charge is 0.246 e. The highest BCUT2D eigenvalue weighted by Crippen LogP contribution is 2.26. The number of carbonyl (C=O) groups excluding carboxylic acids is 8. The Morgan fingerprint density at radius 2 is 1.40 bits per heavy atom. The van der Waals surface area contributed by atoms with Crippen molar-refractivity contribution in [2.75, 3.05) is 25.1 Å². The maximum absolute atomic E-state index is 14.9. The lowest BCUT2D eigenvalue weighted by Gasteiger charge is -2.31. The fourth-order valence-corrected chi connectivity index (χ4v) is 11.9. The Hall–Kier alpha value is -7.54. The van der Waals surface area contributed by atoms with Gasteiger partial charge in [-0.05, 0) is 96.4 Å². The summed E-state index contributed by atoms with van der Waals surface area (Å²) in [5.74, 6) is -7.02. The number of aliphatic hydroxyl groups is 1. The van der Waals surface area contributed by atoms with Crippen LogP contribution >= 0.6 is 33.2 Å². The predicted octanol–water partition coefficient (Wildman–Crippen LogP) is 2.09. The lowest BCUT2D eigenvalue weighted by atomic mass is 10.00. The van der Waals surface area contributed by atoms with E-state index in [-0.39, 0.29) is 50.2 Å². The van der Waals surface area contributed by atoms with Gasteiger partial charge < -0.3 is 64.1 Å². The second-order valence-electron chi connectivity index (χ2n) is 20.2. The molecule has 2 aromatic heterocycles. The van der Waals surface area contributed by atoms with E-state index in [0.29, 0.717) is 40.1 Å². The lowest BCUT2D eigenvalue weighted by molar-refractivity contribution is -0.141. The van der Waals surface area contributed by atoms with Crippen LogP contribution in [-0.2, 0) is 64.0 Å². The van der Waals surface area contributed by atoms with Crippen molar-refractivity contribution in [3.05, 3.63) is 149 Å². The van der Waals surface area contributed by atoms with Crippen molar-refractivity contribution in [1.82, 2.24) is 46.8 Å². The highest BCUT2D eigenvalue weighted by atomic mass is 35.5. The molecule has 0 aliphatic carbocycles. The number of carbonyl (C=O) groups is 8. The molecule has 434 valence electrons. The van der Waals surface area contributed by atoms with Crippen LogP contribution in [0.25, 0.3) is 21.7 Å². The van der Waals surface area contributed by atoms with E-state index in [1.807, 2.05) is 66.7 Å². The van der Waals surface area contributed by atoms with Gasteiger partial charge in [0.1, 0.15) is 42.3 Å². The SMILES string of the molecule is C[C@H](O)[C@H]1NC(=O)[C@H](CCCCN)NC(=O)[C@@H](Cc2c[nH]c3ccccc23)NC(=O)[C@H](Cc2cccnc2)NC(=O)[C@@H](NC(=O)[C@@H](N)Cc2ccc(Cl)cc2)CSSC[C@H](C(=O)N(C)[C@@H](Cc2ccc3ccccc3c2)C(N)=O)NC1=O. The molecule has 6 aromatic rings. The van der Waals surface area contributed by atoms with Gasteiger partial charge in [0.15, 0.2) is 0 Å². The molecule has 1 aliphatic rings. The molecular formula is C58H69ClN12O9S2. The molecule has 0 radical (unpaired) electrons. The van der Waals surface area contributed by atoms with Crippen LogP contribution in [0.4, 0.5) is 0 Å². The summed E-state index contributed by atoms with van der Waals surface area (Å²) < 4.78 is 0. The summed E-state index contributed by atoms with van der Waals surface area (Å²) in [7, 11) is 3.42. The second kappa shape index (κ2) is 30.0. The van der Waals surface area contributed by atoms with Crippen LogP contribution in [0.15, 0.2) is 122 Å². The number of amides is 8. The Labute approximate surface area is 487 Å². The first kappa shape index (κ1) is 62.1. The first-order chi connectivity index (χ1) is 39.4. The Balaban J connectivity index is 1.26. The molecule has 82 heavy (non-hydrogen) atoms. The Bertz CT molecular complexity index is 3210. The fourth-order valence-electron chi connectivity index (χ4n) is 9.45. The molecule has 14 N–H and O–H groups in total. The minimum Gasteiger partial charge on any atom is -0.391 e. The standard InChI is InChI=1S/C58H69ClN12O9S2/c1-33(72)50-57(79)69-48(58(80)71(2)49(51(62)73)27-35-16-19-37-11-3-4-12-38(37)24-35)32-82-81-31-47(68-52(74)42(61)25-34-17-20-40(59)21-18-34)56(78)66-45(26-36-10-9-23-63-29-36)54(76)67-46(28-39-30-64-43-14-6-5-13-41(39)43)55(77)65-44(53(75)70-50)15-7-8-22-60/h3-6,9-14,16-21,23-24,29-30,33,42,44-50,64,72H,7-8,15,22,25-28,31-32,60-61H2,1-2H3,(H2,62,73)(H,65,77)(H,66,78)(H,67,76)(H,68,74)(H,69,79)(H,70,75)/t33-,42-,44-,45-,46+,47-,48+,49-,50+/m0/s1. The Kier molecular flexibility index (Phi) is 22.7. The van der Waals surface area contributed by atoms with Crippen LogP contribution in [0.3, 0.4) is 0 Å². The van der Waals surface area contributed by atoms with E-state index in [4.69, 9.17) is 28.8 Å². The van der Waals surface area contributed by atoms with Gasteiger partial charge in [0.05, 0.1) is 12.1 Å². The van der Waals surface area contributed by atoms with Gasteiger partial charge in [0.2, 0.25) is 47.3 Å². The highest BCUT2D eigenvalue weighted by molar-refractivity contribution is 8.76. The van der Waals surface area contributed by atoms with Gasteiger partial charge in [-0.3, -0.25) is 43.3 Å². The third kappa shape index (κ3) is 17.2. The molecule has 0 unspecified atom stereocenters. The first-order valence-corrected chi connectivity index (χ1v) is 29.7. The normalized spacial score (nSPS) is 20.9. The van der Waals surface area contributed by atoms with Gasteiger partial charge in [-0.1, -0.05) is 112 Å². The number of hydrogen-bond acceptors (Lipinski definition) is 14. The average molecular weight is 1180 g/mol. The number of rotatable bonds is 18. The number of pyridine rings is 1. The highest BCUT2D eigenvalue weighted by Gasteiger charge is 2.38. The largest absolute Gasteiger partial charge is 0.391 e. The summed E-state index contributed by atoms with van der Waals surface area (Å²) in [5, 5.41) is 30.7. The molecule has 9 atom stereocenters. The van der Waals surface area contributed by atoms with Crippen molar-refractivity contribution >= 4 is 102 Å². The molecule has 24 heteroatoms. The van der Waals surface area contributed by atoms with Gasteiger partial charge in [-0.15, -0.1) is 0 Å². The second-order valence-corrected chi connectivity index (χ2v) is 23.2. The number of H-pyrrole nitrogens is 1. The summed E-state index contributed by atoms with van der Waals surface area (Å²) in [5.41, 5.74) is 21.6. The molecule has 1 aliphatic heterocycles. The Morgan fingerprint density at radius 3 is 2.11 bits per heavy atom. The maximum atomic E-state index is 14.9. The molecule has 1 saturated heterocycles. The number of aliphatic hydroxyl groups excluding tert-OH is 1. The van der Waals surface area contributed by atoms with Gasteiger partial charge in [-0.25, -0.2) is 0 Å². The molecule has 4 aromatic carbocycles. The monoisotopic (exact) mass is 1180 g/mol. The van der Waals surface area contributed by atoms with Crippen molar-refractivity contribution in [1.29, 1.82) is 0 Å². The van der Waals surface area contributed by atoms with Gasteiger partial charge in [0.25, 0.3) is 0 Å². The van der Waals surface area contributed by atoms with E-state index in [1.165, 1.54) is 20.2 Å². The van der Waals surface area contributed by atoms with Crippen molar-refractivity contribution in [2.24, 2.45) is 17.2 Å². The van der Waals surface area contributed by atoms with E-state index in [0.717, 1.165) is 48.2 Å². The minimum absolute atomic E-state index is 0.00761. The summed E-state index contributed by atoms with van der Waals surface area (Å²) >= 11 is 6.11. The average Bonchev–Trinajstić information content (AvgIpc) is 4.11. The first-order valence-electron chi connectivity index (χ1n) is 26.8. The number of unbranched alkanes of at least 4 members (excludes halogenated alkanes) is 1. The van der Waals surface area contributed by atoms with Crippen molar-refractivity contribution in [3.8, 4) is 0 Å². The van der Waals surface area contributed by atoms with Gasteiger partial charge in [-0.2, -0.15) is 0 Å². The number of fused-ring (bicyclic) bond motifs is 2. The van der Waals surface area contributed by atoms with Crippen LogP contribution in [0.1, 0.15) is 48.4 Å². The summed E-state index contributed by atoms with van der Waals surface area (Å²) in [4.78, 5) is 124. The quantitative estimate of drug-likeness (QED) is 0.0434. The van der Waals surface area contributed by atoms with Gasteiger partial charge in [0, 0.05) is 72.3 Å². The molecule has 7 rings (SSSR count). The zero-order valence-electron chi connectivity index (χ0n) is 45.3. The van der Waals surface area contributed by atoms with Crippen LogP contribution < -0.4 is 49.1 Å².